The molecule has 1 atom stereocenters. The zero-order chi connectivity index (χ0) is 9.68. The summed E-state index contributed by atoms with van der Waals surface area (Å²) in [6, 6.07) is 0. The molecule has 13 heavy (non-hydrogen) atoms. The molecule has 0 aromatic carbocycles. The van der Waals surface area contributed by atoms with Crippen LogP contribution >= 0.6 is 0 Å². The minimum absolute atomic E-state index is 0.152. The van der Waals surface area contributed by atoms with E-state index in [4.69, 9.17) is 0 Å². The smallest absolute Gasteiger partial charge is 0.184 e. The van der Waals surface area contributed by atoms with Crippen molar-refractivity contribution >= 4 is 15.2 Å². The maximum atomic E-state index is 10.7. The first kappa shape index (κ1) is 9.74. The highest BCUT2D eigenvalue weighted by Gasteiger charge is 2.09. The molecule has 0 aromatic heterocycles. The lowest BCUT2D eigenvalue weighted by Crippen LogP contribution is -2.10. The van der Waals surface area contributed by atoms with Gasteiger partial charge in [-0.25, -0.2) is 0 Å². The zero-order valence-corrected chi connectivity index (χ0v) is 7.87. The second-order valence-corrected chi connectivity index (χ2v) is 3.47. The van der Waals surface area contributed by atoms with Crippen LogP contribution in [0.2, 0.25) is 0 Å². The van der Waals surface area contributed by atoms with Gasteiger partial charge in [-0.15, -0.1) is 0 Å². The van der Waals surface area contributed by atoms with E-state index in [0.717, 1.165) is 0 Å². The van der Waals surface area contributed by atoms with Gasteiger partial charge in [0.05, 0.1) is 4.86 Å². The van der Waals surface area contributed by atoms with Gasteiger partial charge in [-0.3, -0.25) is 0 Å². The highest BCUT2D eigenvalue weighted by atomic mass is 32.2. The Labute approximate surface area is 79.1 Å². The zero-order valence-electron chi connectivity index (χ0n) is 7.05. The molecule has 2 nitrogen and oxygen atoms in total. The Balaban J connectivity index is 3.04. The lowest BCUT2D eigenvalue weighted by molar-refractivity contribution is 0.626. The van der Waals surface area contributed by atoms with Crippen molar-refractivity contribution in [3.05, 3.63) is 49.1 Å². The van der Waals surface area contributed by atoms with E-state index in [1.807, 2.05) is 12.2 Å². The minimum Gasteiger partial charge on any atom is -0.184 e. The molecule has 3 heteroatoms. The molecule has 1 rings (SSSR count). The molecule has 1 unspecified atom stereocenters. The van der Waals surface area contributed by atoms with Gasteiger partial charge in [0.1, 0.15) is 0 Å². The highest BCUT2D eigenvalue weighted by molar-refractivity contribution is 7.73. The van der Waals surface area contributed by atoms with Crippen molar-refractivity contribution in [1.82, 2.24) is 0 Å². The molecule has 0 spiro atoms. The lowest BCUT2D eigenvalue weighted by atomic mass is 10.0. The van der Waals surface area contributed by atoms with Gasteiger partial charge in [0, 0.05) is 5.92 Å². The van der Waals surface area contributed by atoms with Crippen molar-refractivity contribution in [2.75, 3.05) is 0 Å². The minimum atomic E-state index is -2.14. The van der Waals surface area contributed by atoms with Crippen molar-refractivity contribution in [3.63, 3.8) is 0 Å². The molecule has 0 saturated carbocycles. The summed E-state index contributed by atoms with van der Waals surface area (Å²) < 4.78 is 21.5. The molecule has 0 amide bonds. The molecule has 0 fully saturated rings. The molecular formula is C10H10O2S. The Morgan fingerprint density at radius 1 is 1.38 bits per heavy atom. The predicted molar refractivity (Wildman–Crippen MR) is 55.0 cm³/mol. The SMILES string of the molecule is C=CC=CC1C=CC=CC1=S(=O)=O. The fourth-order valence-corrected chi connectivity index (χ4v) is 1.63. The molecule has 1 aliphatic rings. The molecule has 0 radical (unpaired) electrons. The van der Waals surface area contributed by atoms with E-state index in [1.54, 1.807) is 30.4 Å². The summed E-state index contributed by atoms with van der Waals surface area (Å²) in [6.45, 7) is 3.52. The van der Waals surface area contributed by atoms with Crippen molar-refractivity contribution in [2.24, 2.45) is 5.92 Å². The van der Waals surface area contributed by atoms with Crippen molar-refractivity contribution in [1.29, 1.82) is 0 Å². The van der Waals surface area contributed by atoms with Gasteiger partial charge in [-0.1, -0.05) is 43.0 Å². The van der Waals surface area contributed by atoms with Crippen LogP contribution in [0.15, 0.2) is 49.1 Å². The fraction of sp³-hybridized carbons (Fsp3) is 0.100. The van der Waals surface area contributed by atoms with Crippen LogP contribution in [-0.2, 0) is 10.3 Å². The largest absolute Gasteiger partial charge is 0.218 e. The van der Waals surface area contributed by atoms with E-state index in [-0.39, 0.29) is 5.92 Å². The number of hydrogen-bond acceptors (Lipinski definition) is 2. The average molecular weight is 194 g/mol. The Morgan fingerprint density at radius 3 is 2.77 bits per heavy atom. The third-order valence-electron chi connectivity index (χ3n) is 1.67. The second-order valence-electron chi connectivity index (χ2n) is 2.53. The van der Waals surface area contributed by atoms with E-state index in [9.17, 15) is 8.42 Å². The van der Waals surface area contributed by atoms with Gasteiger partial charge in [0.25, 0.3) is 0 Å². The summed E-state index contributed by atoms with van der Waals surface area (Å²) in [5.41, 5.74) is 0. The third kappa shape index (κ3) is 2.56. The molecule has 0 bridgehead atoms. The van der Waals surface area contributed by atoms with Crippen molar-refractivity contribution in [3.8, 4) is 0 Å². The summed E-state index contributed by atoms with van der Waals surface area (Å²) in [4.78, 5) is 0.389. The molecule has 0 N–H and O–H groups in total. The molecule has 1 aliphatic carbocycles. The molecule has 0 aliphatic heterocycles. The van der Waals surface area contributed by atoms with Crippen LogP contribution in [0.3, 0.4) is 0 Å². The fourth-order valence-electron chi connectivity index (χ4n) is 1.06. The maximum absolute atomic E-state index is 10.7. The van der Waals surface area contributed by atoms with Crippen LogP contribution in [0, 0.1) is 5.92 Å². The highest BCUT2D eigenvalue weighted by Crippen LogP contribution is 2.10. The monoisotopic (exact) mass is 194 g/mol. The van der Waals surface area contributed by atoms with E-state index in [1.165, 1.54) is 0 Å². The van der Waals surface area contributed by atoms with Gasteiger partial charge in [0.15, 0.2) is 0 Å². The summed E-state index contributed by atoms with van der Waals surface area (Å²) in [7, 11) is -2.14. The van der Waals surface area contributed by atoms with E-state index < -0.39 is 10.3 Å². The summed E-state index contributed by atoms with van der Waals surface area (Å²) >= 11 is 0. The molecule has 0 aromatic rings. The standard InChI is InChI=1S/C10H10O2S/c1-2-3-6-9-7-4-5-8-10(9)13(11)12/h2-9H,1H2. The first-order valence-corrected chi connectivity index (χ1v) is 4.93. The predicted octanol–water partition coefficient (Wildman–Crippen LogP) is 1.52. The van der Waals surface area contributed by atoms with Gasteiger partial charge < -0.3 is 0 Å². The third-order valence-corrected chi connectivity index (χ3v) is 2.46. The van der Waals surface area contributed by atoms with Crippen LogP contribution in [0.4, 0.5) is 0 Å². The average Bonchev–Trinajstić information content (AvgIpc) is 2.15. The number of rotatable bonds is 2. The van der Waals surface area contributed by atoms with E-state index in [2.05, 4.69) is 6.58 Å². The van der Waals surface area contributed by atoms with Gasteiger partial charge in [0.2, 0.25) is 10.3 Å². The van der Waals surface area contributed by atoms with Gasteiger partial charge >= 0.3 is 0 Å². The maximum Gasteiger partial charge on any atom is 0.218 e. The summed E-state index contributed by atoms with van der Waals surface area (Å²) in [6.07, 6.45) is 12.1. The number of hydrogen-bond donors (Lipinski definition) is 0. The quantitative estimate of drug-likeness (QED) is 0.493. The lowest BCUT2D eigenvalue weighted by Gasteiger charge is -2.07. The van der Waals surface area contributed by atoms with Crippen molar-refractivity contribution < 1.29 is 8.42 Å². The van der Waals surface area contributed by atoms with Crippen molar-refractivity contribution in [2.45, 2.75) is 0 Å². The van der Waals surface area contributed by atoms with Gasteiger partial charge in [-0.05, 0) is 6.08 Å². The van der Waals surface area contributed by atoms with Crippen LogP contribution in [0.5, 0.6) is 0 Å². The van der Waals surface area contributed by atoms with Gasteiger partial charge in [-0.2, -0.15) is 8.42 Å². The topological polar surface area (TPSA) is 34.1 Å². The summed E-state index contributed by atoms with van der Waals surface area (Å²) in [5, 5.41) is 0. The van der Waals surface area contributed by atoms with E-state index >= 15 is 0 Å². The van der Waals surface area contributed by atoms with Crippen LogP contribution in [0.25, 0.3) is 0 Å². The first-order chi connectivity index (χ1) is 6.25. The van der Waals surface area contributed by atoms with E-state index in [0.29, 0.717) is 4.86 Å². The molecule has 0 heterocycles. The van der Waals surface area contributed by atoms with Crippen LogP contribution in [-0.4, -0.2) is 13.3 Å². The second kappa shape index (κ2) is 4.62. The molecule has 0 saturated heterocycles. The number of allylic oxidation sites excluding steroid dienone is 7. The Bertz CT molecular complexity index is 400. The Hall–Kier alpha value is -1.35. The Morgan fingerprint density at radius 2 is 2.15 bits per heavy atom. The van der Waals surface area contributed by atoms with Crippen LogP contribution < -0.4 is 0 Å². The molecular weight excluding hydrogens is 184 g/mol. The summed E-state index contributed by atoms with van der Waals surface area (Å²) in [5.74, 6) is -0.152. The van der Waals surface area contributed by atoms with Crippen LogP contribution in [0.1, 0.15) is 0 Å². The first-order valence-electron chi connectivity index (χ1n) is 3.86. The Kier molecular flexibility index (Phi) is 3.46. The molecule has 68 valence electrons. The normalized spacial score (nSPS) is 20.9.